The minimum atomic E-state index is 0.129. The summed E-state index contributed by atoms with van der Waals surface area (Å²) < 4.78 is 5.48. The van der Waals surface area contributed by atoms with E-state index >= 15 is 0 Å². The van der Waals surface area contributed by atoms with Crippen LogP contribution in [0.1, 0.15) is 12.1 Å². The molecule has 1 fully saturated rings. The highest BCUT2D eigenvalue weighted by Crippen LogP contribution is 2.09. The highest BCUT2D eigenvalue weighted by molar-refractivity contribution is 5.19. The molecule has 1 aromatic rings. The number of hydrogen-bond acceptors (Lipinski definition) is 5. The highest BCUT2D eigenvalue weighted by atomic mass is 16.5. The maximum absolute atomic E-state index is 8.61. The van der Waals surface area contributed by atoms with Gasteiger partial charge >= 0.3 is 6.01 Å². The van der Waals surface area contributed by atoms with Gasteiger partial charge in [-0.15, -0.1) is 0 Å². The third kappa shape index (κ3) is 1.98. The summed E-state index contributed by atoms with van der Waals surface area (Å²) in [5.41, 5.74) is 0.334. The van der Waals surface area contributed by atoms with Crippen molar-refractivity contribution in [3.8, 4) is 12.1 Å². The van der Waals surface area contributed by atoms with Crippen molar-refractivity contribution < 1.29 is 4.74 Å². The van der Waals surface area contributed by atoms with Gasteiger partial charge in [-0.05, 0) is 19.0 Å². The summed E-state index contributed by atoms with van der Waals surface area (Å²) in [6, 6.07) is 3.79. The summed E-state index contributed by atoms with van der Waals surface area (Å²) in [5.74, 6) is 0. The van der Waals surface area contributed by atoms with Crippen LogP contribution in [0.5, 0.6) is 6.01 Å². The van der Waals surface area contributed by atoms with Crippen LogP contribution in [-0.4, -0.2) is 29.2 Å². The third-order valence-electron chi connectivity index (χ3n) is 2.04. The second-order valence-electron chi connectivity index (χ2n) is 3.07. The summed E-state index contributed by atoms with van der Waals surface area (Å²) >= 11 is 0. The van der Waals surface area contributed by atoms with Gasteiger partial charge in [0.25, 0.3) is 0 Å². The molecule has 0 aromatic carbocycles. The number of nitriles is 1. The van der Waals surface area contributed by atoms with E-state index in [1.54, 1.807) is 6.07 Å². The zero-order valence-electron chi connectivity index (χ0n) is 7.60. The van der Waals surface area contributed by atoms with Gasteiger partial charge in [0.05, 0.1) is 0 Å². The smallest absolute Gasteiger partial charge is 0.317 e. The Morgan fingerprint density at radius 3 is 3.29 bits per heavy atom. The molecule has 0 unspecified atom stereocenters. The van der Waals surface area contributed by atoms with E-state index in [1.165, 1.54) is 6.20 Å². The van der Waals surface area contributed by atoms with Gasteiger partial charge in [-0.2, -0.15) is 10.2 Å². The van der Waals surface area contributed by atoms with Crippen molar-refractivity contribution in [2.45, 2.75) is 12.5 Å². The Morgan fingerprint density at radius 2 is 2.57 bits per heavy atom. The largest absolute Gasteiger partial charge is 0.459 e. The lowest BCUT2D eigenvalue weighted by Crippen LogP contribution is -2.20. The van der Waals surface area contributed by atoms with Crippen LogP contribution in [0.4, 0.5) is 0 Å². The van der Waals surface area contributed by atoms with Gasteiger partial charge in [0, 0.05) is 12.7 Å². The van der Waals surface area contributed by atoms with Crippen LogP contribution in [0.2, 0.25) is 0 Å². The van der Waals surface area contributed by atoms with E-state index in [0.717, 1.165) is 19.5 Å². The predicted molar refractivity (Wildman–Crippen MR) is 48.6 cm³/mol. The molecule has 0 saturated carbocycles. The Morgan fingerprint density at radius 1 is 1.64 bits per heavy atom. The average Bonchev–Trinajstić information content (AvgIpc) is 2.71. The number of ether oxygens (including phenoxy) is 1. The van der Waals surface area contributed by atoms with Crippen molar-refractivity contribution in [1.29, 1.82) is 5.26 Å². The SMILES string of the molecule is N#Cc1ccnc(O[C@@H]2CCNC2)n1. The van der Waals surface area contributed by atoms with Crippen LogP contribution in [0.25, 0.3) is 0 Å². The zero-order valence-corrected chi connectivity index (χ0v) is 7.60. The predicted octanol–water partition coefficient (Wildman–Crippen LogP) is 0.0890. The molecule has 0 radical (unpaired) electrons. The first kappa shape index (κ1) is 8.91. The van der Waals surface area contributed by atoms with Crippen molar-refractivity contribution in [2.75, 3.05) is 13.1 Å². The first-order chi connectivity index (χ1) is 6.88. The van der Waals surface area contributed by atoms with Gasteiger partial charge < -0.3 is 10.1 Å². The topological polar surface area (TPSA) is 70.8 Å². The monoisotopic (exact) mass is 190 g/mol. The van der Waals surface area contributed by atoms with Gasteiger partial charge in [0.1, 0.15) is 17.9 Å². The molecule has 1 aliphatic rings. The molecular formula is C9H10N4O. The maximum Gasteiger partial charge on any atom is 0.317 e. The average molecular weight is 190 g/mol. The summed E-state index contributed by atoms with van der Waals surface area (Å²) in [4.78, 5) is 7.87. The van der Waals surface area contributed by atoms with Crippen molar-refractivity contribution in [1.82, 2.24) is 15.3 Å². The van der Waals surface area contributed by atoms with Crippen LogP contribution in [0.3, 0.4) is 0 Å². The first-order valence-electron chi connectivity index (χ1n) is 4.49. The van der Waals surface area contributed by atoms with E-state index in [9.17, 15) is 0 Å². The van der Waals surface area contributed by atoms with Crippen molar-refractivity contribution in [3.05, 3.63) is 18.0 Å². The molecular weight excluding hydrogens is 180 g/mol. The van der Waals surface area contributed by atoms with Crippen LogP contribution in [0, 0.1) is 11.3 Å². The normalized spacial score (nSPS) is 20.4. The first-order valence-corrected chi connectivity index (χ1v) is 4.49. The lowest BCUT2D eigenvalue weighted by atomic mass is 10.3. The van der Waals surface area contributed by atoms with Crippen LogP contribution >= 0.6 is 0 Å². The summed E-state index contributed by atoms with van der Waals surface area (Å²) in [6.07, 6.45) is 2.62. The molecule has 2 rings (SSSR count). The van der Waals surface area contributed by atoms with E-state index in [1.807, 2.05) is 6.07 Å². The highest BCUT2D eigenvalue weighted by Gasteiger charge is 2.16. The lowest BCUT2D eigenvalue weighted by Gasteiger charge is -2.09. The third-order valence-corrected chi connectivity index (χ3v) is 2.04. The number of nitrogens with one attached hydrogen (secondary N) is 1. The fraction of sp³-hybridized carbons (Fsp3) is 0.444. The molecule has 1 atom stereocenters. The number of nitrogens with zero attached hydrogens (tertiary/aromatic N) is 3. The van der Waals surface area contributed by atoms with Crippen molar-refractivity contribution >= 4 is 0 Å². The summed E-state index contributed by atoms with van der Waals surface area (Å²) in [5, 5.41) is 11.8. The molecule has 5 nitrogen and oxygen atoms in total. The van der Waals surface area contributed by atoms with Crippen LogP contribution < -0.4 is 10.1 Å². The van der Waals surface area contributed by atoms with Crippen molar-refractivity contribution in [3.63, 3.8) is 0 Å². The Balaban J connectivity index is 2.05. The fourth-order valence-corrected chi connectivity index (χ4v) is 1.34. The van der Waals surface area contributed by atoms with Gasteiger partial charge in [0.2, 0.25) is 0 Å². The molecule has 2 heterocycles. The Hall–Kier alpha value is -1.67. The minimum Gasteiger partial charge on any atom is -0.459 e. The van der Waals surface area contributed by atoms with Crippen molar-refractivity contribution in [2.24, 2.45) is 0 Å². The number of aromatic nitrogens is 2. The fourth-order valence-electron chi connectivity index (χ4n) is 1.34. The molecule has 14 heavy (non-hydrogen) atoms. The molecule has 0 aliphatic carbocycles. The lowest BCUT2D eigenvalue weighted by molar-refractivity contribution is 0.204. The second-order valence-corrected chi connectivity index (χ2v) is 3.07. The number of hydrogen-bond donors (Lipinski definition) is 1. The second kappa shape index (κ2) is 4.03. The van der Waals surface area contributed by atoms with Gasteiger partial charge in [0.15, 0.2) is 0 Å². The molecule has 72 valence electrons. The molecule has 0 spiro atoms. The van der Waals surface area contributed by atoms with Crippen LogP contribution in [0.15, 0.2) is 12.3 Å². The van der Waals surface area contributed by atoms with E-state index in [4.69, 9.17) is 10.00 Å². The Kier molecular flexibility index (Phi) is 2.56. The Bertz CT molecular complexity index is 354. The standard InChI is InChI=1S/C9H10N4O/c10-5-7-1-4-12-9(13-7)14-8-2-3-11-6-8/h1,4,8,11H,2-3,6H2/t8-/m1/s1. The Labute approximate surface area is 81.7 Å². The zero-order chi connectivity index (χ0) is 9.80. The quantitative estimate of drug-likeness (QED) is 0.715. The van der Waals surface area contributed by atoms with Gasteiger partial charge in [-0.1, -0.05) is 0 Å². The van der Waals surface area contributed by atoms with Gasteiger partial charge in [-0.3, -0.25) is 0 Å². The molecule has 1 N–H and O–H groups in total. The summed E-state index contributed by atoms with van der Waals surface area (Å²) in [7, 11) is 0. The van der Waals surface area contributed by atoms with E-state index in [0.29, 0.717) is 5.69 Å². The van der Waals surface area contributed by atoms with Crippen LogP contribution in [-0.2, 0) is 0 Å². The summed E-state index contributed by atoms with van der Waals surface area (Å²) in [6.45, 7) is 1.78. The van der Waals surface area contributed by atoms with E-state index in [-0.39, 0.29) is 12.1 Å². The van der Waals surface area contributed by atoms with E-state index in [2.05, 4.69) is 15.3 Å². The van der Waals surface area contributed by atoms with Gasteiger partial charge in [-0.25, -0.2) is 4.98 Å². The molecule has 1 saturated heterocycles. The molecule has 1 aliphatic heterocycles. The molecule has 1 aromatic heterocycles. The number of rotatable bonds is 2. The molecule has 0 bridgehead atoms. The minimum absolute atomic E-state index is 0.129. The molecule has 5 heteroatoms. The van der Waals surface area contributed by atoms with E-state index < -0.39 is 0 Å². The molecule has 0 amide bonds. The maximum atomic E-state index is 8.61.